The Morgan fingerprint density at radius 1 is 1.19 bits per heavy atom. The van der Waals surface area contributed by atoms with Crippen LogP contribution in [0.4, 0.5) is 5.69 Å². The topological polar surface area (TPSA) is 57.8 Å². The average Bonchev–Trinajstić information content (AvgIpc) is 3.19. The van der Waals surface area contributed by atoms with Gasteiger partial charge in [0.05, 0.1) is 5.69 Å². The number of thiophene rings is 1. The first-order valence-electron chi connectivity index (χ1n) is 6.44. The number of H-pyrrole nitrogens is 1. The zero-order valence-corrected chi connectivity index (χ0v) is 11.9. The van der Waals surface area contributed by atoms with Crippen molar-refractivity contribution in [3.05, 3.63) is 65.0 Å². The summed E-state index contributed by atoms with van der Waals surface area (Å²) in [6.45, 7) is 0. The summed E-state index contributed by atoms with van der Waals surface area (Å²) in [5, 5.41) is 11.6. The molecule has 3 aromatic rings. The quantitative estimate of drug-likeness (QED) is 0.719. The highest BCUT2D eigenvalue weighted by Gasteiger charge is 2.01. The van der Waals surface area contributed by atoms with Crippen LogP contribution in [-0.2, 0) is 4.79 Å². The van der Waals surface area contributed by atoms with Gasteiger partial charge >= 0.3 is 0 Å². The normalized spacial score (nSPS) is 10.9. The Morgan fingerprint density at radius 2 is 2.05 bits per heavy atom. The van der Waals surface area contributed by atoms with E-state index in [1.807, 2.05) is 47.8 Å². The molecular weight excluding hydrogens is 282 g/mol. The maximum Gasteiger partial charge on any atom is 0.248 e. The van der Waals surface area contributed by atoms with E-state index in [-0.39, 0.29) is 5.91 Å². The van der Waals surface area contributed by atoms with Crippen molar-refractivity contribution in [2.75, 3.05) is 5.32 Å². The van der Waals surface area contributed by atoms with E-state index >= 15 is 0 Å². The van der Waals surface area contributed by atoms with Gasteiger partial charge in [0, 0.05) is 22.8 Å². The Bertz CT molecular complexity index is 728. The summed E-state index contributed by atoms with van der Waals surface area (Å²) < 4.78 is 0. The van der Waals surface area contributed by atoms with Gasteiger partial charge in [0.1, 0.15) is 0 Å². The van der Waals surface area contributed by atoms with Gasteiger partial charge in [-0.15, -0.1) is 11.3 Å². The number of benzene rings is 1. The molecule has 0 aliphatic carbocycles. The minimum Gasteiger partial charge on any atom is -0.323 e. The highest BCUT2D eigenvalue weighted by Crippen LogP contribution is 2.19. The summed E-state index contributed by atoms with van der Waals surface area (Å²) in [6.07, 6.45) is 5.05. The minimum absolute atomic E-state index is 0.141. The van der Waals surface area contributed by atoms with E-state index in [4.69, 9.17) is 0 Å². The Balaban J connectivity index is 1.64. The number of anilines is 1. The second-order valence-electron chi connectivity index (χ2n) is 4.39. The van der Waals surface area contributed by atoms with Crippen molar-refractivity contribution in [1.82, 2.24) is 10.2 Å². The van der Waals surface area contributed by atoms with Crippen molar-refractivity contribution < 1.29 is 4.79 Å². The van der Waals surface area contributed by atoms with Crippen LogP contribution in [0, 0.1) is 0 Å². The van der Waals surface area contributed by atoms with Crippen LogP contribution in [0.1, 0.15) is 4.88 Å². The van der Waals surface area contributed by atoms with Crippen molar-refractivity contribution in [3.8, 4) is 11.3 Å². The molecule has 2 aromatic heterocycles. The second-order valence-corrected chi connectivity index (χ2v) is 5.36. The van der Waals surface area contributed by atoms with Crippen molar-refractivity contribution >= 4 is 29.0 Å². The Labute approximate surface area is 126 Å². The first kappa shape index (κ1) is 13.3. The van der Waals surface area contributed by atoms with E-state index in [1.54, 1.807) is 23.6 Å². The maximum atomic E-state index is 11.8. The van der Waals surface area contributed by atoms with Gasteiger partial charge < -0.3 is 5.32 Å². The number of carbonyl (C=O) groups excluding carboxylic acids is 1. The maximum absolute atomic E-state index is 11.8. The summed E-state index contributed by atoms with van der Waals surface area (Å²) in [6, 6.07) is 13.4. The monoisotopic (exact) mass is 295 g/mol. The lowest BCUT2D eigenvalue weighted by Gasteiger charge is -2.03. The molecule has 21 heavy (non-hydrogen) atoms. The third kappa shape index (κ3) is 3.46. The van der Waals surface area contributed by atoms with E-state index < -0.39 is 0 Å². The molecule has 0 saturated carbocycles. The molecule has 1 aromatic carbocycles. The summed E-state index contributed by atoms with van der Waals surface area (Å²) in [5.41, 5.74) is 2.74. The Hall–Kier alpha value is -2.66. The molecule has 2 N–H and O–H groups in total. The largest absolute Gasteiger partial charge is 0.323 e. The molecule has 0 spiro atoms. The van der Waals surface area contributed by atoms with E-state index in [9.17, 15) is 4.79 Å². The predicted molar refractivity (Wildman–Crippen MR) is 86.0 cm³/mol. The standard InChI is InChI=1S/C16H13N3OS/c20-16(8-7-14-2-1-11-21-14)18-13-5-3-12(4-6-13)15-9-10-17-19-15/h1-11H,(H,17,19)(H,18,20)/b8-7+. The van der Waals surface area contributed by atoms with Gasteiger partial charge in [-0.2, -0.15) is 5.10 Å². The number of rotatable bonds is 4. The fourth-order valence-corrected chi connectivity index (χ4v) is 2.50. The minimum atomic E-state index is -0.141. The molecule has 0 saturated heterocycles. The van der Waals surface area contributed by atoms with Crippen molar-refractivity contribution in [3.63, 3.8) is 0 Å². The number of hydrogen-bond acceptors (Lipinski definition) is 3. The molecule has 1 amide bonds. The van der Waals surface area contributed by atoms with Crippen molar-refractivity contribution in [1.29, 1.82) is 0 Å². The molecule has 3 rings (SSSR count). The molecule has 0 atom stereocenters. The smallest absolute Gasteiger partial charge is 0.248 e. The molecule has 0 aliphatic heterocycles. The molecule has 0 aliphatic rings. The second kappa shape index (κ2) is 6.19. The summed E-state index contributed by atoms with van der Waals surface area (Å²) in [4.78, 5) is 12.9. The van der Waals surface area contributed by atoms with E-state index in [1.165, 1.54) is 6.08 Å². The number of hydrogen-bond donors (Lipinski definition) is 2. The van der Waals surface area contributed by atoms with Crippen LogP contribution >= 0.6 is 11.3 Å². The number of nitrogens with zero attached hydrogens (tertiary/aromatic N) is 1. The molecule has 0 radical (unpaired) electrons. The van der Waals surface area contributed by atoms with Crippen LogP contribution < -0.4 is 5.32 Å². The summed E-state index contributed by atoms with van der Waals surface area (Å²) in [5.74, 6) is -0.141. The predicted octanol–water partition coefficient (Wildman–Crippen LogP) is 3.79. The Kier molecular flexibility index (Phi) is 3.93. The average molecular weight is 295 g/mol. The zero-order chi connectivity index (χ0) is 14.5. The fraction of sp³-hybridized carbons (Fsp3) is 0. The third-order valence-corrected chi connectivity index (χ3v) is 3.74. The van der Waals surface area contributed by atoms with E-state index in [2.05, 4.69) is 15.5 Å². The van der Waals surface area contributed by atoms with Gasteiger partial charge in [-0.1, -0.05) is 18.2 Å². The van der Waals surface area contributed by atoms with Crippen LogP contribution in [0.2, 0.25) is 0 Å². The third-order valence-electron chi connectivity index (χ3n) is 2.91. The molecule has 0 unspecified atom stereocenters. The number of amides is 1. The van der Waals surface area contributed by atoms with Gasteiger partial charge in [0.15, 0.2) is 0 Å². The number of carbonyl (C=O) groups is 1. The molecule has 5 heteroatoms. The van der Waals surface area contributed by atoms with E-state index in [0.29, 0.717) is 0 Å². The first-order valence-corrected chi connectivity index (χ1v) is 7.31. The van der Waals surface area contributed by atoms with Crippen molar-refractivity contribution in [2.45, 2.75) is 0 Å². The van der Waals surface area contributed by atoms with Gasteiger partial charge in [-0.05, 0) is 41.3 Å². The van der Waals surface area contributed by atoms with Crippen LogP contribution in [0.15, 0.2) is 60.1 Å². The highest BCUT2D eigenvalue weighted by atomic mass is 32.1. The molecule has 104 valence electrons. The van der Waals surface area contributed by atoms with Crippen LogP contribution in [0.25, 0.3) is 17.3 Å². The molecule has 0 fully saturated rings. The number of nitrogens with one attached hydrogen (secondary N) is 2. The zero-order valence-electron chi connectivity index (χ0n) is 11.1. The first-order chi connectivity index (χ1) is 10.3. The lowest BCUT2D eigenvalue weighted by atomic mass is 10.1. The van der Waals surface area contributed by atoms with Gasteiger partial charge in [0.2, 0.25) is 5.91 Å². The Morgan fingerprint density at radius 3 is 2.71 bits per heavy atom. The SMILES string of the molecule is O=C(/C=C/c1cccs1)Nc1ccc(-c2ccn[nH]2)cc1. The van der Waals surface area contributed by atoms with Crippen LogP contribution in [0.3, 0.4) is 0 Å². The molecule has 0 bridgehead atoms. The summed E-state index contributed by atoms with van der Waals surface area (Å²) >= 11 is 1.60. The number of aromatic amines is 1. The lowest BCUT2D eigenvalue weighted by Crippen LogP contribution is -2.07. The molecular formula is C16H13N3OS. The fourth-order valence-electron chi connectivity index (χ4n) is 1.88. The highest BCUT2D eigenvalue weighted by molar-refractivity contribution is 7.10. The molecule has 4 nitrogen and oxygen atoms in total. The lowest BCUT2D eigenvalue weighted by molar-refractivity contribution is -0.111. The van der Waals surface area contributed by atoms with Crippen LogP contribution in [0.5, 0.6) is 0 Å². The van der Waals surface area contributed by atoms with E-state index in [0.717, 1.165) is 21.8 Å². The number of aromatic nitrogens is 2. The molecule has 2 heterocycles. The summed E-state index contributed by atoms with van der Waals surface area (Å²) in [7, 11) is 0. The van der Waals surface area contributed by atoms with Gasteiger partial charge in [-0.3, -0.25) is 9.89 Å². The van der Waals surface area contributed by atoms with Gasteiger partial charge in [-0.25, -0.2) is 0 Å². The van der Waals surface area contributed by atoms with Gasteiger partial charge in [0.25, 0.3) is 0 Å². The van der Waals surface area contributed by atoms with Crippen LogP contribution in [-0.4, -0.2) is 16.1 Å². The van der Waals surface area contributed by atoms with Crippen molar-refractivity contribution in [2.24, 2.45) is 0 Å².